The van der Waals surface area contributed by atoms with Crippen LogP contribution in [0.1, 0.15) is 79.1 Å². The highest BCUT2D eigenvalue weighted by atomic mass is 16.3. The standard InChI is InChI=1S/C18H35NO/c1-5-16(3,4)15-7-10-18(20,11-8-15)17(13-19)9-6-14(2)12-17/h14-15,20H,5-13,19H2,1-4H3. The van der Waals surface area contributed by atoms with E-state index in [1.807, 2.05) is 0 Å². The van der Waals surface area contributed by atoms with Crippen LogP contribution in [0, 0.1) is 22.7 Å². The molecule has 2 atom stereocenters. The van der Waals surface area contributed by atoms with Crippen molar-refractivity contribution in [3.63, 3.8) is 0 Å². The van der Waals surface area contributed by atoms with Crippen LogP contribution in [0.5, 0.6) is 0 Å². The second kappa shape index (κ2) is 5.61. The molecule has 0 aliphatic heterocycles. The lowest BCUT2D eigenvalue weighted by Gasteiger charge is -2.51. The topological polar surface area (TPSA) is 46.2 Å². The lowest BCUT2D eigenvalue weighted by Crippen LogP contribution is -2.54. The summed E-state index contributed by atoms with van der Waals surface area (Å²) in [5, 5.41) is 11.3. The van der Waals surface area contributed by atoms with Gasteiger partial charge in [0.1, 0.15) is 0 Å². The summed E-state index contributed by atoms with van der Waals surface area (Å²) in [6, 6.07) is 0. The van der Waals surface area contributed by atoms with Crippen molar-refractivity contribution in [1.82, 2.24) is 0 Å². The summed E-state index contributed by atoms with van der Waals surface area (Å²) in [6.45, 7) is 10.0. The molecule has 20 heavy (non-hydrogen) atoms. The van der Waals surface area contributed by atoms with Crippen molar-refractivity contribution >= 4 is 0 Å². The smallest absolute Gasteiger partial charge is 0.0716 e. The normalized spacial score (nSPS) is 42.9. The summed E-state index contributed by atoms with van der Waals surface area (Å²) in [5.74, 6) is 1.49. The van der Waals surface area contributed by atoms with Crippen LogP contribution in [0.15, 0.2) is 0 Å². The molecule has 0 aromatic carbocycles. The monoisotopic (exact) mass is 281 g/mol. The summed E-state index contributed by atoms with van der Waals surface area (Å²) < 4.78 is 0. The van der Waals surface area contributed by atoms with Crippen molar-refractivity contribution in [2.75, 3.05) is 6.54 Å². The van der Waals surface area contributed by atoms with Crippen molar-refractivity contribution in [3.8, 4) is 0 Å². The Balaban J connectivity index is 2.07. The summed E-state index contributed by atoms with van der Waals surface area (Å²) in [4.78, 5) is 0. The van der Waals surface area contributed by atoms with Crippen LogP contribution in [-0.4, -0.2) is 17.3 Å². The van der Waals surface area contributed by atoms with Gasteiger partial charge >= 0.3 is 0 Å². The third-order valence-corrected chi connectivity index (χ3v) is 7.06. The highest BCUT2D eigenvalue weighted by Gasteiger charge is 2.54. The maximum atomic E-state index is 11.3. The highest BCUT2D eigenvalue weighted by Crippen LogP contribution is 2.55. The first kappa shape index (κ1) is 16.3. The van der Waals surface area contributed by atoms with Crippen LogP contribution >= 0.6 is 0 Å². The second-order valence-electron chi connectivity index (χ2n) is 8.48. The molecule has 0 amide bonds. The van der Waals surface area contributed by atoms with Gasteiger partial charge < -0.3 is 10.8 Å². The zero-order chi connectivity index (χ0) is 15.0. The maximum absolute atomic E-state index is 11.3. The zero-order valence-corrected chi connectivity index (χ0v) is 14.0. The number of hydrogen-bond donors (Lipinski definition) is 2. The summed E-state index contributed by atoms with van der Waals surface area (Å²) >= 11 is 0. The first-order chi connectivity index (χ1) is 9.28. The van der Waals surface area contributed by atoms with E-state index in [0.29, 0.717) is 12.0 Å². The molecule has 2 saturated carbocycles. The van der Waals surface area contributed by atoms with E-state index in [9.17, 15) is 5.11 Å². The number of rotatable bonds is 4. The van der Waals surface area contributed by atoms with E-state index < -0.39 is 5.60 Å². The summed E-state index contributed by atoms with van der Waals surface area (Å²) in [7, 11) is 0. The second-order valence-corrected chi connectivity index (χ2v) is 8.48. The minimum Gasteiger partial charge on any atom is -0.389 e. The van der Waals surface area contributed by atoms with E-state index in [1.165, 1.54) is 25.7 Å². The molecule has 0 aromatic rings. The number of hydrogen-bond acceptors (Lipinski definition) is 2. The Labute approximate surface area is 125 Å². The minimum atomic E-state index is -0.493. The molecular formula is C18H35NO. The molecule has 0 heterocycles. The van der Waals surface area contributed by atoms with E-state index >= 15 is 0 Å². The molecule has 0 spiro atoms. The quantitative estimate of drug-likeness (QED) is 0.814. The van der Waals surface area contributed by atoms with Gasteiger partial charge in [-0.15, -0.1) is 0 Å². The van der Waals surface area contributed by atoms with Crippen LogP contribution in [0.25, 0.3) is 0 Å². The molecule has 2 rings (SSSR count). The van der Waals surface area contributed by atoms with E-state index in [1.54, 1.807) is 0 Å². The number of nitrogens with two attached hydrogens (primary N) is 1. The molecule has 0 aromatic heterocycles. The predicted molar refractivity (Wildman–Crippen MR) is 85.5 cm³/mol. The lowest BCUT2D eigenvalue weighted by atomic mass is 9.58. The van der Waals surface area contributed by atoms with Crippen molar-refractivity contribution in [1.29, 1.82) is 0 Å². The molecule has 2 heteroatoms. The van der Waals surface area contributed by atoms with Crippen molar-refractivity contribution < 1.29 is 5.11 Å². The Morgan fingerprint density at radius 3 is 2.15 bits per heavy atom. The van der Waals surface area contributed by atoms with Crippen LogP contribution < -0.4 is 5.73 Å². The molecule has 2 fully saturated rings. The minimum absolute atomic E-state index is 0.00768. The Morgan fingerprint density at radius 2 is 1.75 bits per heavy atom. The van der Waals surface area contributed by atoms with Crippen LogP contribution in [0.2, 0.25) is 0 Å². The molecule has 2 unspecified atom stereocenters. The van der Waals surface area contributed by atoms with E-state index in [-0.39, 0.29) is 5.41 Å². The highest BCUT2D eigenvalue weighted by molar-refractivity contribution is 5.06. The fourth-order valence-corrected chi connectivity index (χ4v) is 4.89. The molecule has 2 aliphatic carbocycles. The summed E-state index contributed by atoms with van der Waals surface area (Å²) in [5.41, 5.74) is 6.06. The molecule has 118 valence electrons. The van der Waals surface area contributed by atoms with Gasteiger partial charge in [-0.1, -0.05) is 40.5 Å². The van der Waals surface area contributed by atoms with Gasteiger partial charge in [0.2, 0.25) is 0 Å². The third-order valence-electron chi connectivity index (χ3n) is 7.06. The average Bonchev–Trinajstić information content (AvgIpc) is 2.82. The Bertz CT molecular complexity index is 330. The SMILES string of the molecule is CCC(C)(C)C1CCC(O)(C2(CN)CCC(C)C2)CC1. The van der Waals surface area contributed by atoms with Gasteiger partial charge in [-0.3, -0.25) is 0 Å². The first-order valence-corrected chi connectivity index (χ1v) is 8.71. The molecule has 0 radical (unpaired) electrons. The van der Waals surface area contributed by atoms with Gasteiger partial charge in [-0.25, -0.2) is 0 Å². The van der Waals surface area contributed by atoms with Gasteiger partial charge in [-0.05, 0) is 55.8 Å². The molecule has 2 aliphatic rings. The molecule has 2 nitrogen and oxygen atoms in total. The van der Waals surface area contributed by atoms with Gasteiger partial charge in [-0.2, -0.15) is 0 Å². The third kappa shape index (κ3) is 2.66. The van der Waals surface area contributed by atoms with Crippen LogP contribution in [0.3, 0.4) is 0 Å². The zero-order valence-electron chi connectivity index (χ0n) is 14.0. The van der Waals surface area contributed by atoms with Crippen molar-refractivity contribution in [3.05, 3.63) is 0 Å². The molecule has 0 saturated heterocycles. The fourth-order valence-electron chi connectivity index (χ4n) is 4.89. The van der Waals surface area contributed by atoms with Crippen molar-refractivity contribution in [2.24, 2.45) is 28.4 Å². The molecule has 0 bridgehead atoms. The fraction of sp³-hybridized carbons (Fsp3) is 1.00. The maximum Gasteiger partial charge on any atom is 0.0716 e. The Morgan fingerprint density at radius 1 is 1.15 bits per heavy atom. The predicted octanol–water partition coefficient (Wildman–Crippen LogP) is 4.11. The van der Waals surface area contributed by atoms with Crippen molar-refractivity contribution in [2.45, 2.75) is 84.7 Å². The Hall–Kier alpha value is -0.0800. The molecular weight excluding hydrogens is 246 g/mol. The molecule has 3 N–H and O–H groups in total. The van der Waals surface area contributed by atoms with Gasteiger partial charge in [0.05, 0.1) is 5.60 Å². The Kier molecular flexibility index (Phi) is 4.57. The largest absolute Gasteiger partial charge is 0.389 e. The van der Waals surface area contributed by atoms with E-state index in [2.05, 4.69) is 27.7 Å². The van der Waals surface area contributed by atoms with Gasteiger partial charge in [0, 0.05) is 12.0 Å². The summed E-state index contributed by atoms with van der Waals surface area (Å²) in [6.07, 6.45) is 9.00. The lowest BCUT2D eigenvalue weighted by molar-refractivity contribution is -0.120. The first-order valence-electron chi connectivity index (χ1n) is 8.71. The van der Waals surface area contributed by atoms with Crippen LogP contribution in [0.4, 0.5) is 0 Å². The number of aliphatic hydroxyl groups is 1. The van der Waals surface area contributed by atoms with E-state index in [0.717, 1.165) is 37.5 Å². The van der Waals surface area contributed by atoms with Crippen LogP contribution in [-0.2, 0) is 0 Å². The average molecular weight is 281 g/mol. The van der Waals surface area contributed by atoms with Gasteiger partial charge in [0.15, 0.2) is 0 Å². The van der Waals surface area contributed by atoms with Gasteiger partial charge in [0.25, 0.3) is 0 Å². The van der Waals surface area contributed by atoms with E-state index in [4.69, 9.17) is 5.73 Å².